The Morgan fingerprint density at radius 3 is 3.00 bits per heavy atom. The molecule has 0 bridgehead atoms. The Morgan fingerprint density at radius 1 is 1.62 bits per heavy atom. The van der Waals surface area contributed by atoms with Crippen molar-refractivity contribution in [3.8, 4) is 6.07 Å². The minimum absolute atomic E-state index is 0.608. The summed E-state index contributed by atoms with van der Waals surface area (Å²) in [6.45, 7) is 1.36. The molecule has 0 spiro atoms. The van der Waals surface area contributed by atoms with Gasteiger partial charge in [-0.3, -0.25) is 0 Å². The number of rotatable bonds is 2. The first-order chi connectivity index (χ1) is 7.74. The van der Waals surface area contributed by atoms with Gasteiger partial charge in [-0.2, -0.15) is 5.26 Å². The van der Waals surface area contributed by atoms with Gasteiger partial charge < -0.3 is 9.74 Å². The topological polar surface area (TPSA) is 61.5 Å². The molecule has 2 heterocycles. The number of hydrogen-bond donors (Lipinski definition) is 0. The molecule has 6 heteroatoms. The zero-order valence-electron chi connectivity index (χ0n) is 9.27. The van der Waals surface area contributed by atoms with E-state index in [1.54, 1.807) is 6.20 Å². The molecule has 80 valence electrons. The highest BCUT2D eigenvalue weighted by Gasteiger charge is 2.25. The lowest BCUT2D eigenvalue weighted by Crippen LogP contribution is -2.48. The number of nitriles is 1. The van der Waals surface area contributed by atoms with Gasteiger partial charge in [0.15, 0.2) is 0 Å². The predicted molar refractivity (Wildman–Crippen MR) is 63.8 cm³/mol. The van der Waals surface area contributed by atoms with Crippen LogP contribution in [0.25, 0.3) is 0 Å². The van der Waals surface area contributed by atoms with Crippen molar-refractivity contribution in [2.24, 2.45) is 5.16 Å². The smallest absolute Gasteiger partial charge is 0.147 e. The first kappa shape index (κ1) is 10.5. The second kappa shape index (κ2) is 4.23. The van der Waals surface area contributed by atoms with Crippen LogP contribution in [0.1, 0.15) is 5.56 Å². The zero-order valence-corrected chi connectivity index (χ0v) is 9.27. The Bertz CT molecular complexity index is 472. The highest BCUT2D eigenvalue weighted by molar-refractivity contribution is 6.32. The molecular weight excluding hydrogens is 203 g/mol. The van der Waals surface area contributed by atoms with Crippen molar-refractivity contribution < 1.29 is 4.84 Å². The third kappa shape index (κ3) is 1.84. The van der Waals surface area contributed by atoms with Crippen LogP contribution < -0.4 is 10.4 Å². The number of nitrogens with zero attached hydrogens (tertiary/aromatic N) is 4. The van der Waals surface area contributed by atoms with Crippen LogP contribution >= 0.6 is 0 Å². The van der Waals surface area contributed by atoms with Crippen LogP contribution in [0.15, 0.2) is 17.4 Å². The van der Waals surface area contributed by atoms with Gasteiger partial charge in [0.25, 0.3) is 0 Å². The second-order valence-corrected chi connectivity index (χ2v) is 3.69. The number of hydrogen-bond acceptors (Lipinski definition) is 5. The molecule has 1 aliphatic rings. The minimum atomic E-state index is 0.608. The van der Waals surface area contributed by atoms with Gasteiger partial charge in [-0.05, 0) is 6.07 Å². The van der Waals surface area contributed by atoms with Crippen molar-refractivity contribution in [2.45, 2.75) is 0 Å². The van der Waals surface area contributed by atoms with Gasteiger partial charge >= 0.3 is 0 Å². The van der Waals surface area contributed by atoms with Gasteiger partial charge in [0, 0.05) is 6.20 Å². The summed E-state index contributed by atoms with van der Waals surface area (Å²) < 4.78 is 0. The van der Waals surface area contributed by atoms with Crippen LogP contribution in [-0.4, -0.2) is 38.7 Å². The van der Waals surface area contributed by atoms with Crippen LogP contribution in [0.2, 0.25) is 0 Å². The van der Waals surface area contributed by atoms with Gasteiger partial charge in [0.1, 0.15) is 26.8 Å². The third-order valence-electron chi connectivity index (χ3n) is 2.39. The van der Waals surface area contributed by atoms with E-state index in [0.717, 1.165) is 17.0 Å². The van der Waals surface area contributed by atoms with Gasteiger partial charge in [-0.25, -0.2) is 4.98 Å². The number of anilines is 1. The fourth-order valence-corrected chi connectivity index (χ4v) is 1.63. The SMILES string of the molecule is Bc1cnc(N2CC(=NOC)C2)c(C#N)c1. The van der Waals surface area contributed by atoms with E-state index in [-0.39, 0.29) is 0 Å². The van der Waals surface area contributed by atoms with E-state index in [4.69, 9.17) is 5.26 Å². The first-order valence-corrected chi connectivity index (χ1v) is 4.95. The first-order valence-electron chi connectivity index (χ1n) is 4.95. The highest BCUT2D eigenvalue weighted by Crippen LogP contribution is 2.19. The summed E-state index contributed by atoms with van der Waals surface area (Å²) in [6.07, 6.45) is 1.77. The number of oxime groups is 1. The van der Waals surface area contributed by atoms with Crippen LogP contribution in [0.3, 0.4) is 0 Å². The molecule has 1 aliphatic heterocycles. The summed E-state index contributed by atoms with van der Waals surface area (Å²) in [6, 6.07) is 4.00. The van der Waals surface area contributed by atoms with Gasteiger partial charge in [-0.15, -0.1) is 0 Å². The van der Waals surface area contributed by atoms with Crippen molar-refractivity contribution in [3.05, 3.63) is 17.8 Å². The monoisotopic (exact) mass is 214 g/mol. The summed E-state index contributed by atoms with van der Waals surface area (Å²) in [4.78, 5) is 11.0. The lowest BCUT2D eigenvalue weighted by Gasteiger charge is -2.33. The molecule has 2 rings (SSSR count). The van der Waals surface area contributed by atoms with E-state index in [1.165, 1.54) is 7.11 Å². The van der Waals surface area contributed by atoms with Gasteiger partial charge in [0.05, 0.1) is 24.4 Å². The molecule has 0 N–H and O–H groups in total. The lowest BCUT2D eigenvalue weighted by molar-refractivity contribution is 0.211. The molecule has 1 fully saturated rings. The van der Waals surface area contributed by atoms with Crippen LogP contribution in [-0.2, 0) is 4.84 Å². The molecule has 0 saturated carbocycles. The highest BCUT2D eigenvalue weighted by atomic mass is 16.6. The normalized spacial score (nSPS) is 14.0. The zero-order chi connectivity index (χ0) is 11.5. The quantitative estimate of drug-likeness (QED) is 0.469. The van der Waals surface area contributed by atoms with Gasteiger partial charge in [-0.1, -0.05) is 10.6 Å². The summed E-state index contributed by atoms with van der Waals surface area (Å²) in [5.41, 5.74) is 2.57. The number of pyridine rings is 1. The van der Waals surface area contributed by atoms with E-state index in [2.05, 4.69) is 21.0 Å². The Morgan fingerprint density at radius 2 is 2.38 bits per heavy atom. The molecule has 1 saturated heterocycles. The van der Waals surface area contributed by atoms with Gasteiger partial charge in [0.2, 0.25) is 0 Å². The third-order valence-corrected chi connectivity index (χ3v) is 2.39. The molecule has 0 aromatic carbocycles. The molecule has 1 aromatic rings. The molecule has 0 radical (unpaired) electrons. The van der Waals surface area contributed by atoms with Crippen LogP contribution in [0.4, 0.5) is 5.82 Å². The average Bonchev–Trinajstić information content (AvgIpc) is 2.23. The molecule has 0 atom stereocenters. The summed E-state index contributed by atoms with van der Waals surface area (Å²) in [7, 11) is 3.45. The fraction of sp³-hybridized carbons (Fsp3) is 0.300. The molecule has 16 heavy (non-hydrogen) atoms. The van der Waals surface area contributed by atoms with E-state index in [1.807, 2.05) is 18.8 Å². The molecular formula is C10H11BN4O. The fourth-order valence-electron chi connectivity index (χ4n) is 1.63. The van der Waals surface area contributed by atoms with Crippen LogP contribution in [0, 0.1) is 11.3 Å². The van der Waals surface area contributed by atoms with Crippen LogP contribution in [0.5, 0.6) is 0 Å². The van der Waals surface area contributed by atoms with E-state index in [9.17, 15) is 0 Å². The largest absolute Gasteiger partial charge is 0.399 e. The maximum atomic E-state index is 9.01. The molecule has 1 aromatic heterocycles. The van der Waals surface area contributed by atoms with E-state index in [0.29, 0.717) is 18.7 Å². The Balaban J connectivity index is 2.18. The predicted octanol–water partition coefficient (Wildman–Crippen LogP) is -0.966. The van der Waals surface area contributed by atoms with Crippen molar-refractivity contribution in [1.29, 1.82) is 5.26 Å². The van der Waals surface area contributed by atoms with Crippen molar-refractivity contribution in [1.82, 2.24) is 4.98 Å². The summed E-state index contributed by atoms with van der Waals surface area (Å²) in [5.74, 6) is 0.725. The number of aromatic nitrogens is 1. The molecule has 5 nitrogen and oxygen atoms in total. The standard InChI is InChI=1S/C10H11BN4O/c1-16-14-9-5-15(6-9)10-7(3-12)2-8(11)4-13-10/h2,4H,5-6,11H2,1H3. The van der Waals surface area contributed by atoms with E-state index < -0.39 is 0 Å². The Kier molecular flexibility index (Phi) is 2.77. The summed E-state index contributed by atoms with van der Waals surface area (Å²) >= 11 is 0. The molecule has 0 unspecified atom stereocenters. The minimum Gasteiger partial charge on any atom is -0.399 e. The van der Waals surface area contributed by atoms with Crippen molar-refractivity contribution >= 4 is 24.8 Å². The van der Waals surface area contributed by atoms with E-state index >= 15 is 0 Å². The lowest BCUT2D eigenvalue weighted by atomic mass is 9.96. The van der Waals surface area contributed by atoms with Crippen molar-refractivity contribution in [3.63, 3.8) is 0 Å². The summed E-state index contributed by atoms with van der Waals surface area (Å²) in [5, 5.41) is 12.9. The Hall–Kier alpha value is -2.03. The second-order valence-electron chi connectivity index (χ2n) is 3.69. The molecule has 0 amide bonds. The maximum absolute atomic E-state index is 9.01. The van der Waals surface area contributed by atoms with Crippen molar-refractivity contribution in [2.75, 3.05) is 25.1 Å². The average molecular weight is 214 g/mol. The molecule has 0 aliphatic carbocycles. The maximum Gasteiger partial charge on any atom is 0.147 e. The Labute approximate surface area is 94.7 Å².